The summed E-state index contributed by atoms with van der Waals surface area (Å²) in [6.07, 6.45) is 6.26. The zero-order valence-electron chi connectivity index (χ0n) is 10.7. The Kier molecular flexibility index (Phi) is 3.46. The quantitative estimate of drug-likeness (QED) is 0.804. The fraction of sp³-hybridized carbons (Fsp3) is 0.429. The van der Waals surface area contributed by atoms with Crippen LogP contribution < -0.4 is 0 Å². The molecule has 0 aromatic carbocycles. The Hall–Kier alpha value is -1.13. The highest BCUT2D eigenvalue weighted by atomic mass is 35.5. The molecule has 0 amide bonds. The minimum absolute atomic E-state index is 0.114. The highest BCUT2D eigenvalue weighted by Gasteiger charge is 2.23. The Morgan fingerprint density at radius 2 is 2.21 bits per heavy atom. The molecule has 2 aromatic heterocycles. The van der Waals surface area contributed by atoms with Gasteiger partial charge in [0.2, 0.25) is 0 Å². The topological polar surface area (TPSA) is 34.9 Å². The van der Waals surface area contributed by atoms with Crippen LogP contribution in [0.2, 0.25) is 4.34 Å². The Labute approximate surface area is 121 Å². The van der Waals surface area contributed by atoms with Crippen molar-refractivity contribution in [1.29, 1.82) is 0 Å². The summed E-state index contributed by atoms with van der Waals surface area (Å²) in [7, 11) is 0. The van der Waals surface area contributed by atoms with Gasteiger partial charge in [-0.25, -0.2) is 4.98 Å². The number of aromatic nitrogens is 2. The molecule has 3 rings (SSSR count). The van der Waals surface area contributed by atoms with E-state index in [4.69, 9.17) is 11.6 Å². The maximum atomic E-state index is 12.4. The molecule has 1 unspecified atom stereocenters. The first-order valence-corrected chi connectivity index (χ1v) is 7.70. The lowest BCUT2D eigenvalue weighted by atomic mass is 10.0. The van der Waals surface area contributed by atoms with Crippen molar-refractivity contribution in [3.8, 4) is 0 Å². The van der Waals surface area contributed by atoms with Gasteiger partial charge in [-0.1, -0.05) is 11.6 Å². The van der Waals surface area contributed by atoms with Crippen LogP contribution in [0, 0.1) is 0 Å². The molecule has 0 bridgehead atoms. The van der Waals surface area contributed by atoms with E-state index in [1.807, 2.05) is 17.8 Å². The third kappa shape index (κ3) is 2.35. The average molecular weight is 295 g/mol. The highest BCUT2D eigenvalue weighted by Crippen LogP contribution is 2.28. The van der Waals surface area contributed by atoms with Crippen molar-refractivity contribution < 1.29 is 4.79 Å². The molecule has 5 heteroatoms. The molecule has 2 heterocycles. The van der Waals surface area contributed by atoms with Gasteiger partial charge in [0.05, 0.1) is 27.3 Å². The summed E-state index contributed by atoms with van der Waals surface area (Å²) in [6.45, 7) is 1.94. The third-order valence-corrected chi connectivity index (χ3v) is 4.92. The van der Waals surface area contributed by atoms with Gasteiger partial charge >= 0.3 is 0 Å². The number of thiophene rings is 1. The summed E-state index contributed by atoms with van der Waals surface area (Å²) in [4.78, 5) is 17.6. The molecule has 100 valence electrons. The largest absolute Gasteiger partial charge is 0.324 e. The van der Waals surface area contributed by atoms with Crippen LogP contribution in [0.5, 0.6) is 0 Å². The smallest absolute Gasteiger partial charge is 0.195 e. The molecule has 0 saturated heterocycles. The molecule has 3 nitrogen and oxygen atoms in total. The molecule has 0 fully saturated rings. The van der Waals surface area contributed by atoms with Gasteiger partial charge in [-0.05, 0) is 44.7 Å². The number of fused-ring (bicyclic) bond motifs is 1. The molecule has 0 saturated carbocycles. The molecule has 0 spiro atoms. The summed E-state index contributed by atoms with van der Waals surface area (Å²) in [6, 6.07) is 3.37. The van der Waals surface area contributed by atoms with E-state index in [9.17, 15) is 4.79 Å². The van der Waals surface area contributed by atoms with Gasteiger partial charge in [-0.15, -0.1) is 11.3 Å². The van der Waals surface area contributed by atoms with Gasteiger partial charge in [0.25, 0.3) is 0 Å². The van der Waals surface area contributed by atoms with Crippen molar-refractivity contribution in [2.75, 3.05) is 0 Å². The van der Waals surface area contributed by atoms with Crippen LogP contribution in [0.25, 0.3) is 0 Å². The molecule has 1 aliphatic carbocycles. The lowest BCUT2D eigenvalue weighted by molar-refractivity contribution is 0.0937. The maximum Gasteiger partial charge on any atom is 0.195 e. The third-order valence-electron chi connectivity index (χ3n) is 3.67. The summed E-state index contributed by atoms with van der Waals surface area (Å²) in [5.41, 5.74) is 2.39. The zero-order chi connectivity index (χ0) is 13.4. The van der Waals surface area contributed by atoms with Gasteiger partial charge < -0.3 is 4.57 Å². The molecule has 19 heavy (non-hydrogen) atoms. The van der Waals surface area contributed by atoms with E-state index in [0.29, 0.717) is 4.34 Å². The van der Waals surface area contributed by atoms with E-state index in [1.165, 1.54) is 29.9 Å². The van der Waals surface area contributed by atoms with Crippen LogP contribution in [0.3, 0.4) is 0 Å². The monoisotopic (exact) mass is 294 g/mol. The van der Waals surface area contributed by atoms with E-state index in [2.05, 4.69) is 4.98 Å². The number of ketones is 1. The van der Waals surface area contributed by atoms with Crippen molar-refractivity contribution in [1.82, 2.24) is 9.55 Å². The first-order valence-electron chi connectivity index (χ1n) is 6.51. The summed E-state index contributed by atoms with van der Waals surface area (Å²) < 4.78 is 2.69. The number of carbonyl (C=O) groups excluding carboxylic acids is 1. The standard InChI is InChI=1S/C14H15ClN2OS/c1-9(14(18)12-6-7-13(15)19-12)17-8-16-10-4-2-3-5-11(10)17/h6-9H,2-5H2,1H3. The van der Waals surface area contributed by atoms with E-state index in [1.54, 1.807) is 12.1 Å². The second-order valence-corrected chi connectivity index (χ2v) is 6.61. The maximum absolute atomic E-state index is 12.4. The molecule has 2 aromatic rings. The Bertz CT molecular complexity index is 617. The Morgan fingerprint density at radius 3 is 2.95 bits per heavy atom. The lowest BCUT2D eigenvalue weighted by Crippen LogP contribution is -2.18. The van der Waals surface area contributed by atoms with Gasteiger partial charge in [0, 0.05) is 5.69 Å². The van der Waals surface area contributed by atoms with E-state index in [-0.39, 0.29) is 11.8 Å². The van der Waals surface area contributed by atoms with Gasteiger partial charge in [-0.3, -0.25) is 4.79 Å². The van der Waals surface area contributed by atoms with E-state index >= 15 is 0 Å². The van der Waals surface area contributed by atoms with Crippen LogP contribution in [0.4, 0.5) is 0 Å². The van der Waals surface area contributed by atoms with E-state index in [0.717, 1.165) is 23.4 Å². The SMILES string of the molecule is CC(C(=O)c1ccc(Cl)s1)n1cnc2c1CCCC2. The zero-order valence-corrected chi connectivity index (χ0v) is 12.3. The fourth-order valence-electron chi connectivity index (χ4n) is 2.60. The Balaban J connectivity index is 1.89. The number of imidazole rings is 1. The minimum Gasteiger partial charge on any atom is -0.324 e. The second kappa shape index (κ2) is 5.10. The van der Waals surface area contributed by atoms with Gasteiger partial charge in [0.1, 0.15) is 0 Å². The normalized spacial score (nSPS) is 16.1. The number of Topliss-reactive ketones (excluding diaryl/α,β-unsaturated/α-hetero) is 1. The predicted molar refractivity (Wildman–Crippen MR) is 77.2 cm³/mol. The molecular formula is C14H15ClN2OS. The van der Waals surface area contributed by atoms with Crippen LogP contribution in [0.15, 0.2) is 18.5 Å². The number of halogens is 1. The number of hydrogen-bond acceptors (Lipinski definition) is 3. The van der Waals surface area contributed by atoms with Gasteiger partial charge in [0.15, 0.2) is 5.78 Å². The summed E-state index contributed by atoms with van der Waals surface area (Å²) in [5.74, 6) is 0.114. The molecule has 1 atom stereocenters. The van der Waals surface area contributed by atoms with Crippen molar-refractivity contribution in [3.63, 3.8) is 0 Å². The second-order valence-electron chi connectivity index (χ2n) is 4.90. The molecule has 0 radical (unpaired) electrons. The fourth-order valence-corrected chi connectivity index (χ4v) is 3.67. The molecule has 0 N–H and O–H groups in total. The summed E-state index contributed by atoms with van der Waals surface area (Å²) >= 11 is 7.24. The average Bonchev–Trinajstić information content (AvgIpc) is 3.03. The number of nitrogens with zero attached hydrogens (tertiary/aromatic N) is 2. The number of carbonyl (C=O) groups is 1. The first kappa shape index (κ1) is 12.9. The van der Waals surface area contributed by atoms with Gasteiger partial charge in [-0.2, -0.15) is 0 Å². The van der Waals surface area contributed by atoms with Crippen molar-refractivity contribution in [3.05, 3.63) is 39.1 Å². The molecular weight excluding hydrogens is 280 g/mol. The first-order chi connectivity index (χ1) is 9.16. The van der Waals surface area contributed by atoms with Crippen LogP contribution in [0.1, 0.15) is 46.9 Å². The minimum atomic E-state index is -0.205. The van der Waals surface area contributed by atoms with Crippen molar-refractivity contribution >= 4 is 28.7 Å². The van der Waals surface area contributed by atoms with Crippen molar-refractivity contribution in [2.24, 2.45) is 0 Å². The number of rotatable bonds is 3. The van der Waals surface area contributed by atoms with Crippen LogP contribution >= 0.6 is 22.9 Å². The molecule has 0 aliphatic heterocycles. The summed E-state index contributed by atoms with van der Waals surface area (Å²) in [5, 5.41) is 0. The highest BCUT2D eigenvalue weighted by molar-refractivity contribution is 7.18. The van der Waals surface area contributed by atoms with E-state index < -0.39 is 0 Å². The Morgan fingerprint density at radius 1 is 1.42 bits per heavy atom. The number of aryl methyl sites for hydroxylation is 1. The van der Waals surface area contributed by atoms with Crippen LogP contribution in [-0.2, 0) is 12.8 Å². The number of hydrogen-bond donors (Lipinski definition) is 0. The van der Waals surface area contributed by atoms with Crippen molar-refractivity contribution in [2.45, 2.75) is 38.6 Å². The van der Waals surface area contributed by atoms with Crippen LogP contribution in [-0.4, -0.2) is 15.3 Å². The lowest BCUT2D eigenvalue weighted by Gasteiger charge is -2.18. The molecule has 1 aliphatic rings. The predicted octanol–water partition coefficient (Wildman–Crippen LogP) is 3.92.